The van der Waals surface area contributed by atoms with Crippen LogP contribution in [0.15, 0.2) is 11.4 Å². The van der Waals surface area contributed by atoms with Crippen LogP contribution in [-0.2, 0) is 0 Å². The Kier molecular flexibility index (Phi) is 4.00. The Balaban J connectivity index is 1.78. The first kappa shape index (κ1) is 13.5. The highest BCUT2D eigenvalue weighted by atomic mass is 32.1. The third kappa shape index (κ3) is 2.56. The average Bonchev–Trinajstić information content (AvgIpc) is 3.12. The fourth-order valence-electron chi connectivity index (χ4n) is 2.81. The second-order valence-corrected chi connectivity index (χ2v) is 5.88. The second kappa shape index (κ2) is 5.90. The third-order valence-corrected chi connectivity index (χ3v) is 4.67. The maximum atomic E-state index is 5.43. The lowest BCUT2D eigenvalue weighted by atomic mass is 10.2. The molecule has 1 aliphatic rings. The van der Waals surface area contributed by atoms with Crippen LogP contribution in [0.25, 0.3) is 10.2 Å². The topological polar surface area (TPSA) is 79.1 Å². The van der Waals surface area contributed by atoms with E-state index in [4.69, 9.17) is 5.84 Å². The number of rotatable bonds is 5. The lowest BCUT2D eigenvalue weighted by molar-refractivity contribution is 0.277. The summed E-state index contributed by atoms with van der Waals surface area (Å²) in [6.45, 7) is 5.45. The summed E-state index contributed by atoms with van der Waals surface area (Å²) in [6, 6.07) is 2.65. The van der Waals surface area contributed by atoms with E-state index in [0.29, 0.717) is 12.0 Å². The fourth-order valence-corrected chi connectivity index (χ4v) is 3.58. The Labute approximate surface area is 122 Å². The quantitative estimate of drug-likeness (QED) is 0.577. The minimum Gasteiger partial charge on any atom is -0.368 e. The summed E-state index contributed by atoms with van der Waals surface area (Å²) >= 11 is 1.60. The first-order valence-corrected chi connectivity index (χ1v) is 7.89. The van der Waals surface area contributed by atoms with Crippen molar-refractivity contribution in [3.05, 3.63) is 11.4 Å². The van der Waals surface area contributed by atoms with E-state index in [1.54, 1.807) is 11.3 Å². The Morgan fingerprint density at radius 1 is 1.50 bits per heavy atom. The molecular weight excluding hydrogens is 272 g/mol. The molecule has 2 aromatic heterocycles. The lowest BCUT2D eigenvalue weighted by Crippen LogP contribution is -2.34. The minimum atomic E-state index is 0.459. The van der Waals surface area contributed by atoms with Gasteiger partial charge in [-0.2, -0.15) is 4.98 Å². The van der Waals surface area contributed by atoms with Gasteiger partial charge in [-0.15, -0.1) is 11.3 Å². The summed E-state index contributed by atoms with van der Waals surface area (Å²) in [5.74, 6) is 6.76. The molecule has 108 valence electrons. The van der Waals surface area contributed by atoms with Crippen LogP contribution in [0, 0.1) is 0 Å². The van der Waals surface area contributed by atoms with Gasteiger partial charge in [-0.3, -0.25) is 10.3 Å². The highest BCUT2D eigenvalue weighted by Crippen LogP contribution is 2.27. The molecule has 3 heterocycles. The predicted octanol–water partition coefficient (Wildman–Crippen LogP) is 1.87. The number of nitrogens with zero attached hydrogens (tertiary/aromatic N) is 3. The molecule has 1 unspecified atom stereocenters. The zero-order chi connectivity index (χ0) is 13.9. The fraction of sp³-hybridized carbons (Fsp3) is 0.538. The standard InChI is InChI=1S/C13H20N6S/c1-2-19-6-3-4-9(19)8-15-11-10-5-7-20-12(10)17-13(16-11)18-14/h5,7,9H,2-4,6,8,14H2,1H3,(H2,15,16,17,18). The normalized spacial score (nSPS) is 19.6. The van der Waals surface area contributed by atoms with Crippen molar-refractivity contribution in [2.24, 2.45) is 5.84 Å². The van der Waals surface area contributed by atoms with Gasteiger partial charge in [-0.1, -0.05) is 6.92 Å². The first-order valence-electron chi connectivity index (χ1n) is 7.01. The van der Waals surface area contributed by atoms with Crippen LogP contribution < -0.4 is 16.6 Å². The van der Waals surface area contributed by atoms with Gasteiger partial charge < -0.3 is 5.32 Å². The number of fused-ring (bicyclic) bond motifs is 1. The molecule has 0 radical (unpaired) electrons. The molecule has 7 heteroatoms. The molecule has 0 bridgehead atoms. The van der Waals surface area contributed by atoms with E-state index < -0.39 is 0 Å². The van der Waals surface area contributed by atoms with Gasteiger partial charge in [0.15, 0.2) is 0 Å². The van der Waals surface area contributed by atoms with Crippen molar-refractivity contribution in [3.8, 4) is 0 Å². The predicted molar refractivity (Wildman–Crippen MR) is 84.0 cm³/mol. The van der Waals surface area contributed by atoms with Gasteiger partial charge >= 0.3 is 0 Å². The summed E-state index contributed by atoms with van der Waals surface area (Å²) in [5.41, 5.74) is 2.53. The van der Waals surface area contributed by atoms with Crippen molar-refractivity contribution in [1.82, 2.24) is 14.9 Å². The number of anilines is 2. The van der Waals surface area contributed by atoms with Crippen LogP contribution in [0.5, 0.6) is 0 Å². The molecule has 1 saturated heterocycles. The molecule has 6 nitrogen and oxygen atoms in total. The van der Waals surface area contributed by atoms with Crippen LogP contribution >= 0.6 is 11.3 Å². The van der Waals surface area contributed by atoms with Gasteiger partial charge in [-0.05, 0) is 37.4 Å². The van der Waals surface area contributed by atoms with Gasteiger partial charge in [0.25, 0.3) is 0 Å². The SMILES string of the molecule is CCN1CCCC1CNc1nc(NN)nc2sccc12. The van der Waals surface area contributed by atoms with Gasteiger partial charge in [-0.25, -0.2) is 10.8 Å². The smallest absolute Gasteiger partial charge is 0.240 e. The lowest BCUT2D eigenvalue weighted by Gasteiger charge is -2.23. The Bertz CT molecular complexity index is 583. The van der Waals surface area contributed by atoms with E-state index in [0.717, 1.165) is 29.1 Å². The average molecular weight is 292 g/mol. The number of hydrogen-bond donors (Lipinski definition) is 3. The van der Waals surface area contributed by atoms with Crippen LogP contribution in [0.4, 0.5) is 11.8 Å². The number of likely N-dealkylation sites (tertiary alicyclic amines) is 1. The molecule has 0 spiro atoms. The van der Waals surface area contributed by atoms with Gasteiger partial charge in [0.05, 0.1) is 5.39 Å². The van der Waals surface area contributed by atoms with Gasteiger partial charge in [0.1, 0.15) is 10.6 Å². The van der Waals surface area contributed by atoms with Crippen molar-refractivity contribution >= 4 is 33.3 Å². The number of hydrogen-bond acceptors (Lipinski definition) is 7. The molecule has 0 amide bonds. The number of nitrogens with one attached hydrogen (secondary N) is 2. The van der Waals surface area contributed by atoms with Crippen molar-refractivity contribution in [2.45, 2.75) is 25.8 Å². The van der Waals surface area contributed by atoms with Crippen LogP contribution in [0.2, 0.25) is 0 Å². The molecule has 3 rings (SSSR count). The monoisotopic (exact) mass is 292 g/mol. The summed E-state index contributed by atoms with van der Waals surface area (Å²) < 4.78 is 0. The van der Waals surface area contributed by atoms with Gasteiger partial charge in [0.2, 0.25) is 5.95 Å². The minimum absolute atomic E-state index is 0.459. The van der Waals surface area contributed by atoms with Crippen LogP contribution in [-0.4, -0.2) is 40.5 Å². The largest absolute Gasteiger partial charge is 0.368 e. The van der Waals surface area contributed by atoms with E-state index >= 15 is 0 Å². The highest BCUT2D eigenvalue weighted by Gasteiger charge is 2.23. The molecule has 2 aromatic rings. The summed E-state index contributed by atoms with van der Waals surface area (Å²) in [6.07, 6.45) is 2.54. The number of nitrogen functional groups attached to an aromatic ring is 1. The van der Waals surface area contributed by atoms with E-state index in [1.165, 1.54) is 19.4 Å². The second-order valence-electron chi connectivity index (χ2n) is 4.99. The van der Waals surface area contributed by atoms with E-state index in [-0.39, 0.29) is 0 Å². The molecule has 20 heavy (non-hydrogen) atoms. The van der Waals surface area contributed by atoms with Crippen molar-refractivity contribution in [2.75, 3.05) is 30.4 Å². The molecule has 4 N–H and O–H groups in total. The maximum absolute atomic E-state index is 5.43. The van der Waals surface area contributed by atoms with E-state index in [9.17, 15) is 0 Å². The number of nitrogens with two attached hydrogens (primary N) is 1. The zero-order valence-electron chi connectivity index (χ0n) is 11.6. The number of thiophene rings is 1. The van der Waals surface area contributed by atoms with Crippen LogP contribution in [0.3, 0.4) is 0 Å². The van der Waals surface area contributed by atoms with E-state index in [1.807, 2.05) is 5.38 Å². The first-order chi connectivity index (χ1) is 9.81. The molecular formula is C13H20N6S. The Hall–Kier alpha value is -1.44. The molecule has 1 atom stereocenters. The third-order valence-electron chi connectivity index (χ3n) is 3.86. The molecule has 1 aliphatic heterocycles. The Morgan fingerprint density at radius 2 is 2.40 bits per heavy atom. The summed E-state index contributed by atoms with van der Waals surface area (Å²) in [4.78, 5) is 12.2. The Morgan fingerprint density at radius 3 is 3.20 bits per heavy atom. The summed E-state index contributed by atoms with van der Waals surface area (Å²) in [7, 11) is 0. The van der Waals surface area contributed by atoms with E-state index in [2.05, 4.69) is 38.6 Å². The number of hydrazine groups is 1. The highest BCUT2D eigenvalue weighted by molar-refractivity contribution is 7.16. The van der Waals surface area contributed by atoms with Crippen molar-refractivity contribution in [1.29, 1.82) is 0 Å². The maximum Gasteiger partial charge on any atom is 0.240 e. The van der Waals surface area contributed by atoms with Gasteiger partial charge in [0, 0.05) is 12.6 Å². The molecule has 1 fully saturated rings. The summed E-state index contributed by atoms with van der Waals surface area (Å²) in [5, 5.41) is 6.56. The number of likely N-dealkylation sites (N-methyl/N-ethyl adjacent to an activating group) is 1. The molecule has 0 saturated carbocycles. The van der Waals surface area contributed by atoms with Crippen molar-refractivity contribution < 1.29 is 0 Å². The molecule has 0 aromatic carbocycles. The van der Waals surface area contributed by atoms with Crippen molar-refractivity contribution in [3.63, 3.8) is 0 Å². The molecule has 0 aliphatic carbocycles. The number of aromatic nitrogens is 2. The zero-order valence-corrected chi connectivity index (χ0v) is 12.4. The van der Waals surface area contributed by atoms with Crippen LogP contribution in [0.1, 0.15) is 19.8 Å².